The van der Waals surface area contributed by atoms with Gasteiger partial charge < -0.3 is 13.9 Å². The summed E-state index contributed by atoms with van der Waals surface area (Å²) in [5, 5.41) is 14.1. The number of fused-ring (bicyclic) bond motifs is 2. The van der Waals surface area contributed by atoms with Gasteiger partial charge in [-0.05, 0) is 48.0 Å². The first-order chi connectivity index (χ1) is 15.9. The van der Waals surface area contributed by atoms with Gasteiger partial charge in [0.05, 0.1) is 15.9 Å². The summed E-state index contributed by atoms with van der Waals surface area (Å²) in [4.78, 5) is 36.6. The second-order valence-corrected chi connectivity index (χ2v) is 7.54. The topological polar surface area (TPSA) is 121 Å². The number of nitro groups is 1. The van der Waals surface area contributed by atoms with Crippen LogP contribution in [0, 0.1) is 10.1 Å². The van der Waals surface area contributed by atoms with Crippen molar-refractivity contribution < 1.29 is 23.6 Å². The lowest BCUT2D eigenvalue weighted by Gasteiger charge is -2.12. The molecule has 0 radical (unpaired) electrons. The molecule has 1 N–H and O–H groups in total. The molecule has 2 heterocycles. The van der Waals surface area contributed by atoms with Crippen LogP contribution >= 0.6 is 11.6 Å². The van der Waals surface area contributed by atoms with E-state index in [2.05, 4.69) is 5.32 Å². The minimum absolute atomic E-state index is 0.0600. The van der Waals surface area contributed by atoms with Crippen molar-refractivity contribution in [1.82, 2.24) is 0 Å². The molecule has 0 saturated heterocycles. The summed E-state index contributed by atoms with van der Waals surface area (Å²) in [6.45, 7) is 0.0600. The number of nitro benzene ring substituents is 1. The van der Waals surface area contributed by atoms with Gasteiger partial charge in [-0.3, -0.25) is 25.0 Å². The van der Waals surface area contributed by atoms with E-state index >= 15 is 0 Å². The molecule has 0 saturated carbocycles. The van der Waals surface area contributed by atoms with Crippen molar-refractivity contribution >= 4 is 40.0 Å². The molecule has 33 heavy (non-hydrogen) atoms. The van der Waals surface area contributed by atoms with E-state index in [-0.39, 0.29) is 40.5 Å². The van der Waals surface area contributed by atoms with Crippen molar-refractivity contribution in [3.63, 3.8) is 0 Å². The van der Waals surface area contributed by atoms with Crippen LogP contribution in [0.1, 0.15) is 10.4 Å². The Kier molecular flexibility index (Phi) is 4.95. The number of nitrogens with zero attached hydrogens (tertiary/aromatic N) is 1. The molecule has 0 atom stereocenters. The molecule has 164 valence electrons. The average molecular weight is 465 g/mol. The largest absolute Gasteiger partial charge is 0.454 e. The quantitative estimate of drug-likeness (QED) is 0.333. The van der Waals surface area contributed by atoms with E-state index in [4.69, 9.17) is 25.5 Å². The second-order valence-electron chi connectivity index (χ2n) is 7.10. The van der Waals surface area contributed by atoms with E-state index < -0.39 is 16.3 Å². The number of hydrogen-bond donors (Lipinski definition) is 1. The minimum atomic E-state index is -0.608. The minimum Gasteiger partial charge on any atom is -0.454 e. The molecule has 1 aromatic heterocycles. The standard InChI is InChI=1S/C23H13ClN2O7/c24-14-4-8-17-16(10-14)21(27)20(13-3-7-18-19(9-13)32-11-31-18)23(33-17)25-22(28)12-1-5-15(6-2-12)26(29)30/h1-10H,11H2,(H,25,28). The first-order valence-corrected chi connectivity index (χ1v) is 10.0. The molecule has 5 rings (SSSR count). The molecule has 0 fully saturated rings. The summed E-state index contributed by atoms with van der Waals surface area (Å²) >= 11 is 6.07. The molecule has 0 spiro atoms. The van der Waals surface area contributed by atoms with Crippen LogP contribution in [0.5, 0.6) is 11.5 Å². The predicted molar refractivity (Wildman–Crippen MR) is 120 cm³/mol. The number of halogens is 1. The lowest BCUT2D eigenvalue weighted by molar-refractivity contribution is -0.384. The van der Waals surface area contributed by atoms with E-state index in [0.29, 0.717) is 22.1 Å². The van der Waals surface area contributed by atoms with E-state index in [1.165, 1.54) is 36.4 Å². The molecule has 0 bridgehead atoms. The summed E-state index contributed by atoms with van der Waals surface area (Å²) in [6.07, 6.45) is 0. The smallest absolute Gasteiger partial charge is 0.269 e. The molecule has 10 heteroatoms. The van der Waals surface area contributed by atoms with Crippen molar-refractivity contribution in [3.05, 3.63) is 91.6 Å². The average Bonchev–Trinajstić information content (AvgIpc) is 3.28. The summed E-state index contributed by atoms with van der Waals surface area (Å²) in [7, 11) is 0. The number of nitrogens with one attached hydrogen (secondary N) is 1. The highest BCUT2D eigenvalue weighted by Gasteiger charge is 2.22. The first kappa shape index (κ1) is 20.5. The number of carbonyl (C=O) groups is 1. The van der Waals surface area contributed by atoms with Crippen LogP contribution in [0.15, 0.2) is 69.9 Å². The third-order valence-electron chi connectivity index (χ3n) is 5.08. The summed E-state index contributed by atoms with van der Waals surface area (Å²) in [6, 6.07) is 14.6. The SMILES string of the molecule is O=C(Nc1oc2ccc(Cl)cc2c(=O)c1-c1ccc2c(c1)OCO2)c1ccc([N+](=O)[O-])cc1. The lowest BCUT2D eigenvalue weighted by Crippen LogP contribution is -2.16. The number of benzene rings is 3. The normalized spacial score (nSPS) is 12.0. The maximum Gasteiger partial charge on any atom is 0.269 e. The van der Waals surface area contributed by atoms with Gasteiger partial charge in [-0.1, -0.05) is 17.7 Å². The maximum absolute atomic E-state index is 13.4. The number of carbonyl (C=O) groups excluding carboxylic acids is 1. The van der Waals surface area contributed by atoms with Crippen molar-refractivity contribution in [2.24, 2.45) is 0 Å². The zero-order chi connectivity index (χ0) is 23.1. The van der Waals surface area contributed by atoms with Crippen LogP contribution in [-0.2, 0) is 0 Å². The summed E-state index contributed by atoms with van der Waals surface area (Å²) < 4.78 is 16.6. The van der Waals surface area contributed by atoms with Crippen molar-refractivity contribution in [2.75, 3.05) is 12.1 Å². The van der Waals surface area contributed by atoms with Crippen LogP contribution in [0.2, 0.25) is 5.02 Å². The number of anilines is 1. The van der Waals surface area contributed by atoms with Gasteiger partial charge in [0.2, 0.25) is 18.1 Å². The van der Waals surface area contributed by atoms with Crippen LogP contribution in [-0.4, -0.2) is 17.6 Å². The van der Waals surface area contributed by atoms with Gasteiger partial charge in [-0.2, -0.15) is 0 Å². The second kappa shape index (κ2) is 7.95. The fraction of sp³-hybridized carbons (Fsp3) is 0.0435. The Balaban J connectivity index is 1.63. The predicted octanol–water partition coefficient (Wildman–Crippen LogP) is 5.00. The van der Waals surface area contributed by atoms with Gasteiger partial charge in [-0.25, -0.2) is 0 Å². The molecule has 4 aromatic rings. The van der Waals surface area contributed by atoms with Crippen molar-refractivity contribution in [2.45, 2.75) is 0 Å². The van der Waals surface area contributed by atoms with Gasteiger partial charge in [0.15, 0.2) is 11.5 Å². The van der Waals surface area contributed by atoms with Crippen molar-refractivity contribution in [1.29, 1.82) is 0 Å². The van der Waals surface area contributed by atoms with Gasteiger partial charge in [0, 0.05) is 22.7 Å². The molecule has 1 amide bonds. The molecular formula is C23H13ClN2O7. The van der Waals surface area contributed by atoms with Crippen LogP contribution in [0.4, 0.5) is 11.6 Å². The monoisotopic (exact) mass is 464 g/mol. The number of amides is 1. The van der Waals surface area contributed by atoms with Crippen molar-refractivity contribution in [3.8, 4) is 22.6 Å². The Morgan fingerprint density at radius 2 is 1.76 bits per heavy atom. The Labute approximate surface area is 190 Å². The number of ether oxygens (including phenoxy) is 2. The maximum atomic E-state index is 13.4. The molecule has 9 nitrogen and oxygen atoms in total. The highest BCUT2D eigenvalue weighted by molar-refractivity contribution is 6.31. The molecular weight excluding hydrogens is 452 g/mol. The number of hydrogen-bond acceptors (Lipinski definition) is 7. The van der Waals surface area contributed by atoms with Gasteiger partial charge >= 0.3 is 0 Å². The van der Waals surface area contributed by atoms with Gasteiger partial charge in [-0.15, -0.1) is 0 Å². The molecule has 0 unspecified atom stereocenters. The molecule has 1 aliphatic rings. The third kappa shape index (κ3) is 3.74. The molecule has 0 aliphatic carbocycles. The fourth-order valence-electron chi connectivity index (χ4n) is 3.48. The van der Waals surface area contributed by atoms with E-state index in [9.17, 15) is 19.7 Å². The molecule has 1 aliphatic heterocycles. The Morgan fingerprint density at radius 3 is 2.52 bits per heavy atom. The van der Waals surface area contributed by atoms with Gasteiger partial charge in [0.1, 0.15) is 5.58 Å². The third-order valence-corrected chi connectivity index (χ3v) is 5.32. The van der Waals surface area contributed by atoms with E-state index in [0.717, 1.165) is 0 Å². The number of non-ortho nitro benzene ring substituents is 1. The Hall–Kier alpha value is -4.37. The molecule has 3 aromatic carbocycles. The fourth-order valence-corrected chi connectivity index (χ4v) is 3.65. The highest BCUT2D eigenvalue weighted by Crippen LogP contribution is 2.38. The number of rotatable bonds is 4. The summed E-state index contributed by atoms with van der Waals surface area (Å²) in [5.74, 6) is 0.287. The highest BCUT2D eigenvalue weighted by atomic mass is 35.5. The van der Waals surface area contributed by atoms with E-state index in [1.54, 1.807) is 24.3 Å². The van der Waals surface area contributed by atoms with Crippen LogP contribution < -0.4 is 20.2 Å². The summed E-state index contributed by atoms with van der Waals surface area (Å²) in [5.41, 5.74) is 0.356. The first-order valence-electron chi connectivity index (χ1n) is 9.63. The van der Waals surface area contributed by atoms with E-state index in [1.807, 2.05) is 0 Å². The zero-order valence-corrected chi connectivity index (χ0v) is 17.4. The van der Waals surface area contributed by atoms with Crippen LogP contribution in [0.25, 0.3) is 22.1 Å². The Bertz CT molecular complexity index is 1500. The lowest BCUT2D eigenvalue weighted by atomic mass is 10.0. The van der Waals surface area contributed by atoms with Crippen LogP contribution in [0.3, 0.4) is 0 Å². The van der Waals surface area contributed by atoms with Gasteiger partial charge in [0.25, 0.3) is 11.6 Å². The zero-order valence-electron chi connectivity index (χ0n) is 16.7. The Morgan fingerprint density at radius 1 is 1.00 bits per heavy atom.